The minimum atomic E-state index is -0.454. The number of amides is 2. The van der Waals surface area contributed by atoms with Crippen molar-refractivity contribution in [2.24, 2.45) is 5.92 Å². The molecule has 0 radical (unpaired) electrons. The Morgan fingerprint density at radius 1 is 1.14 bits per heavy atom. The number of pyridine rings is 1. The molecule has 2 aliphatic rings. The molecule has 2 amide bonds. The maximum atomic E-state index is 13.0. The Bertz CT molecular complexity index is 833. The molecule has 8 nitrogen and oxygen atoms in total. The van der Waals surface area contributed by atoms with Crippen LogP contribution in [0.2, 0.25) is 0 Å². The van der Waals surface area contributed by atoms with Gasteiger partial charge in [-0.2, -0.15) is 0 Å². The number of aromatic nitrogens is 2. The van der Waals surface area contributed by atoms with Crippen molar-refractivity contribution < 1.29 is 18.7 Å². The number of nitrogens with one attached hydrogen (secondary N) is 1. The fraction of sp³-hybridized carbons (Fsp3) is 0.524. The zero-order chi connectivity index (χ0) is 20.1. The van der Waals surface area contributed by atoms with Crippen molar-refractivity contribution in [1.82, 2.24) is 14.9 Å². The Morgan fingerprint density at radius 2 is 2.00 bits per heavy atom. The highest BCUT2D eigenvalue weighted by Crippen LogP contribution is 2.29. The van der Waals surface area contributed by atoms with Crippen molar-refractivity contribution in [3.8, 4) is 5.75 Å². The van der Waals surface area contributed by atoms with Crippen LogP contribution >= 0.6 is 0 Å². The van der Waals surface area contributed by atoms with Crippen LogP contribution in [0.15, 0.2) is 35.2 Å². The van der Waals surface area contributed by atoms with E-state index in [-0.39, 0.29) is 29.6 Å². The standard InChI is InChI=1S/C21H26N4O4/c26-19(24-21-23-11-13-28-21)18-17(9-4-10-22-18)29-14-16-8-5-12-25(16)20(27)15-6-2-1-3-7-15/h4,9-11,13,15-16H,1-3,5-8,12,14H2,(H,23,24,26). The number of likely N-dealkylation sites (tertiary alicyclic amines) is 1. The highest BCUT2D eigenvalue weighted by Gasteiger charge is 2.34. The highest BCUT2D eigenvalue weighted by atomic mass is 16.5. The second kappa shape index (κ2) is 9.07. The number of oxazole rings is 1. The molecule has 1 atom stereocenters. The van der Waals surface area contributed by atoms with E-state index in [2.05, 4.69) is 15.3 Å². The molecule has 8 heteroatoms. The van der Waals surface area contributed by atoms with Gasteiger partial charge >= 0.3 is 6.01 Å². The first-order chi connectivity index (χ1) is 14.2. The number of rotatable bonds is 6. The van der Waals surface area contributed by atoms with Gasteiger partial charge in [0.2, 0.25) is 5.91 Å². The van der Waals surface area contributed by atoms with Crippen LogP contribution in [-0.4, -0.2) is 45.9 Å². The van der Waals surface area contributed by atoms with E-state index in [0.717, 1.165) is 45.1 Å². The van der Waals surface area contributed by atoms with Crippen LogP contribution < -0.4 is 10.1 Å². The average Bonchev–Trinajstić information content (AvgIpc) is 3.44. The van der Waals surface area contributed by atoms with Crippen molar-refractivity contribution in [2.45, 2.75) is 51.0 Å². The first-order valence-corrected chi connectivity index (χ1v) is 10.3. The van der Waals surface area contributed by atoms with Gasteiger partial charge in [0, 0.05) is 18.7 Å². The molecule has 4 rings (SSSR count). The molecule has 3 heterocycles. The molecule has 1 unspecified atom stereocenters. The Balaban J connectivity index is 1.39. The van der Waals surface area contributed by atoms with Gasteiger partial charge in [0.15, 0.2) is 11.4 Å². The van der Waals surface area contributed by atoms with Gasteiger partial charge in [-0.15, -0.1) is 0 Å². The SMILES string of the molecule is O=C(Nc1ncco1)c1ncccc1OCC1CCCN1C(=O)C1CCCCC1. The number of hydrogen-bond acceptors (Lipinski definition) is 6. The number of hydrogen-bond donors (Lipinski definition) is 1. The first-order valence-electron chi connectivity index (χ1n) is 10.3. The van der Waals surface area contributed by atoms with Crippen LogP contribution in [0.4, 0.5) is 6.01 Å². The van der Waals surface area contributed by atoms with E-state index in [9.17, 15) is 9.59 Å². The third kappa shape index (κ3) is 4.58. The number of carbonyl (C=O) groups is 2. The molecular formula is C21H26N4O4. The van der Waals surface area contributed by atoms with Gasteiger partial charge in [-0.05, 0) is 37.8 Å². The molecule has 2 fully saturated rings. The lowest BCUT2D eigenvalue weighted by molar-refractivity contribution is -0.137. The molecule has 1 aliphatic carbocycles. The molecule has 1 saturated heterocycles. The Labute approximate surface area is 169 Å². The average molecular weight is 398 g/mol. The second-order valence-corrected chi connectivity index (χ2v) is 7.62. The maximum absolute atomic E-state index is 13.0. The molecule has 1 saturated carbocycles. The van der Waals surface area contributed by atoms with E-state index >= 15 is 0 Å². The molecule has 2 aromatic rings. The lowest BCUT2D eigenvalue weighted by atomic mass is 9.88. The molecule has 154 valence electrons. The van der Waals surface area contributed by atoms with Crippen molar-refractivity contribution in [3.05, 3.63) is 36.5 Å². The quantitative estimate of drug-likeness (QED) is 0.802. The van der Waals surface area contributed by atoms with E-state index in [0.29, 0.717) is 12.4 Å². The molecule has 1 aliphatic heterocycles. The van der Waals surface area contributed by atoms with Crippen molar-refractivity contribution >= 4 is 17.8 Å². The number of carbonyl (C=O) groups excluding carboxylic acids is 2. The van der Waals surface area contributed by atoms with Gasteiger partial charge < -0.3 is 14.1 Å². The Hall–Kier alpha value is -2.90. The summed E-state index contributed by atoms with van der Waals surface area (Å²) in [7, 11) is 0. The lowest BCUT2D eigenvalue weighted by Gasteiger charge is -2.30. The molecule has 0 bridgehead atoms. The molecule has 0 aromatic carbocycles. The highest BCUT2D eigenvalue weighted by molar-refractivity contribution is 6.03. The van der Waals surface area contributed by atoms with E-state index in [1.807, 2.05) is 4.90 Å². The second-order valence-electron chi connectivity index (χ2n) is 7.62. The summed E-state index contributed by atoms with van der Waals surface area (Å²) in [5.74, 6) is 0.354. The number of ether oxygens (including phenoxy) is 1. The third-order valence-electron chi connectivity index (χ3n) is 5.68. The number of anilines is 1. The smallest absolute Gasteiger partial charge is 0.301 e. The van der Waals surface area contributed by atoms with Gasteiger partial charge in [-0.1, -0.05) is 19.3 Å². The first kappa shape index (κ1) is 19.4. The topological polar surface area (TPSA) is 97.6 Å². The minimum Gasteiger partial charge on any atom is -0.489 e. The molecular weight excluding hydrogens is 372 g/mol. The lowest BCUT2D eigenvalue weighted by Crippen LogP contribution is -2.42. The molecule has 1 N–H and O–H groups in total. The summed E-state index contributed by atoms with van der Waals surface area (Å²) in [6.45, 7) is 1.14. The zero-order valence-corrected chi connectivity index (χ0v) is 16.4. The summed E-state index contributed by atoms with van der Waals surface area (Å²) in [6.07, 6.45) is 11.8. The number of nitrogens with zero attached hydrogens (tertiary/aromatic N) is 3. The normalized spacial score (nSPS) is 19.9. The van der Waals surface area contributed by atoms with Crippen molar-refractivity contribution in [3.63, 3.8) is 0 Å². The van der Waals surface area contributed by atoms with E-state index in [1.165, 1.54) is 25.1 Å². The summed E-state index contributed by atoms with van der Waals surface area (Å²) in [4.78, 5) is 35.5. The Morgan fingerprint density at radius 3 is 2.79 bits per heavy atom. The van der Waals surface area contributed by atoms with Crippen molar-refractivity contribution in [2.75, 3.05) is 18.5 Å². The summed E-state index contributed by atoms with van der Waals surface area (Å²) >= 11 is 0. The van der Waals surface area contributed by atoms with Gasteiger partial charge in [0.05, 0.1) is 12.2 Å². The van der Waals surface area contributed by atoms with E-state index in [4.69, 9.17) is 9.15 Å². The van der Waals surface area contributed by atoms with Gasteiger partial charge in [-0.25, -0.2) is 9.97 Å². The zero-order valence-electron chi connectivity index (χ0n) is 16.4. The van der Waals surface area contributed by atoms with Crippen LogP contribution in [-0.2, 0) is 4.79 Å². The van der Waals surface area contributed by atoms with Crippen molar-refractivity contribution in [1.29, 1.82) is 0 Å². The van der Waals surface area contributed by atoms with Crippen LogP contribution in [0.5, 0.6) is 5.75 Å². The predicted molar refractivity (Wildman–Crippen MR) is 105 cm³/mol. The maximum Gasteiger partial charge on any atom is 0.301 e. The molecule has 2 aromatic heterocycles. The van der Waals surface area contributed by atoms with Gasteiger partial charge in [0.1, 0.15) is 12.9 Å². The van der Waals surface area contributed by atoms with Crippen LogP contribution in [0, 0.1) is 5.92 Å². The fourth-order valence-electron chi connectivity index (χ4n) is 4.19. The van der Waals surface area contributed by atoms with Crippen LogP contribution in [0.3, 0.4) is 0 Å². The monoisotopic (exact) mass is 398 g/mol. The largest absolute Gasteiger partial charge is 0.489 e. The molecule has 0 spiro atoms. The Kier molecular flexibility index (Phi) is 6.07. The van der Waals surface area contributed by atoms with Crippen LogP contribution in [0.25, 0.3) is 0 Å². The van der Waals surface area contributed by atoms with E-state index < -0.39 is 5.91 Å². The summed E-state index contributed by atoms with van der Waals surface area (Å²) in [5, 5.41) is 2.55. The predicted octanol–water partition coefficient (Wildman–Crippen LogP) is 3.27. The fourth-order valence-corrected chi connectivity index (χ4v) is 4.19. The van der Waals surface area contributed by atoms with Gasteiger partial charge in [-0.3, -0.25) is 14.9 Å². The van der Waals surface area contributed by atoms with Crippen LogP contribution in [0.1, 0.15) is 55.4 Å². The summed E-state index contributed by atoms with van der Waals surface area (Å²) in [6, 6.07) is 3.57. The summed E-state index contributed by atoms with van der Waals surface area (Å²) in [5.41, 5.74) is 0.161. The third-order valence-corrected chi connectivity index (χ3v) is 5.68. The minimum absolute atomic E-state index is 0.0345. The summed E-state index contributed by atoms with van der Waals surface area (Å²) < 4.78 is 11.0. The molecule has 29 heavy (non-hydrogen) atoms. The van der Waals surface area contributed by atoms with E-state index in [1.54, 1.807) is 12.1 Å². The van der Waals surface area contributed by atoms with Gasteiger partial charge in [0.25, 0.3) is 5.91 Å².